The summed E-state index contributed by atoms with van der Waals surface area (Å²) in [6, 6.07) is 0.752. The van der Waals surface area contributed by atoms with Gasteiger partial charge in [0.1, 0.15) is 0 Å². The Hall–Kier alpha value is -0.120. The van der Waals surface area contributed by atoms with Crippen molar-refractivity contribution in [3.63, 3.8) is 0 Å². The Balaban J connectivity index is 2.19. The van der Waals surface area contributed by atoms with Crippen LogP contribution in [0.5, 0.6) is 0 Å². The van der Waals surface area contributed by atoms with Crippen LogP contribution in [0.4, 0.5) is 0 Å². The predicted molar refractivity (Wildman–Crippen MR) is 70.6 cm³/mol. The van der Waals surface area contributed by atoms with Gasteiger partial charge in [-0.3, -0.25) is 9.80 Å². The summed E-state index contributed by atoms with van der Waals surface area (Å²) in [6.45, 7) is 13.7. The van der Waals surface area contributed by atoms with E-state index in [0.717, 1.165) is 25.0 Å². The largest absolute Gasteiger partial charge is 0.329 e. The van der Waals surface area contributed by atoms with E-state index in [-0.39, 0.29) is 0 Å². The summed E-state index contributed by atoms with van der Waals surface area (Å²) in [6.07, 6.45) is 2.69. The molecular weight excluding hydrogens is 198 g/mol. The second kappa shape index (κ2) is 7.25. The zero-order chi connectivity index (χ0) is 12.0. The lowest BCUT2D eigenvalue weighted by molar-refractivity contribution is 0.0984. The summed E-state index contributed by atoms with van der Waals surface area (Å²) in [7, 11) is 0. The predicted octanol–water partition coefficient (Wildman–Crippen LogP) is 1.39. The first kappa shape index (κ1) is 13.9. The highest BCUT2D eigenvalue weighted by atomic mass is 15.3. The van der Waals surface area contributed by atoms with Crippen LogP contribution < -0.4 is 5.73 Å². The third kappa shape index (κ3) is 4.81. The van der Waals surface area contributed by atoms with E-state index in [0.29, 0.717) is 0 Å². The van der Waals surface area contributed by atoms with Crippen LogP contribution in [-0.4, -0.2) is 55.1 Å². The van der Waals surface area contributed by atoms with Gasteiger partial charge in [0, 0.05) is 45.3 Å². The Bertz CT molecular complexity index is 174. The maximum Gasteiger partial charge on any atom is 0.0113 e. The average molecular weight is 227 g/mol. The van der Waals surface area contributed by atoms with Crippen molar-refractivity contribution >= 4 is 0 Å². The molecule has 0 bridgehead atoms. The first-order valence-corrected chi connectivity index (χ1v) is 6.80. The number of hydrogen-bond donors (Lipinski definition) is 1. The topological polar surface area (TPSA) is 32.5 Å². The van der Waals surface area contributed by atoms with Gasteiger partial charge in [0.15, 0.2) is 0 Å². The average Bonchev–Trinajstić information content (AvgIpc) is 2.27. The number of nitrogens with two attached hydrogens (primary N) is 1. The lowest BCUT2D eigenvalue weighted by Gasteiger charge is -2.38. The summed E-state index contributed by atoms with van der Waals surface area (Å²) in [5.41, 5.74) is 5.58. The summed E-state index contributed by atoms with van der Waals surface area (Å²) in [5, 5.41) is 0. The molecule has 3 nitrogen and oxygen atoms in total. The maximum absolute atomic E-state index is 5.58. The van der Waals surface area contributed by atoms with Crippen LogP contribution in [0.15, 0.2) is 0 Å². The first-order valence-electron chi connectivity index (χ1n) is 6.80. The fraction of sp³-hybridized carbons (Fsp3) is 1.00. The lowest BCUT2D eigenvalue weighted by Crippen LogP contribution is -2.50. The van der Waals surface area contributed by atoms with E-state index < -0.39 is 0 Å². The first-order chi connectivity index (χ1) is 7.63. The SMILES string of the molecule is CC(C)CCC(C)N1CCN(CCN)CC1. The van der Waals surface area contributed by atoms with Crippen LogP contribution in [0.2, 0.25) is 0 Å². The molecule has 0 spiro atoms. The minimum absolute atomic E-state index is 0.752. The molecule has 1 saturated heterocycles. The fourth-order valence-corrected chi connectivity index (χ4v) is 2.37. The molecule has 0 saturated carbocycles. The van der Waals surface area contributed by atoms with Crippen molar-refractivity contribution in [2.45, 2.75) is 39.7 Å². The van der Waals surface area contributed by atoms with Gasteiger partial charge in [-0.1, -0.05) is 13.8 Å². The molecule has 1 heterocycles. The van der Waals surface area contributed by atoms with Crippen molar-refractivity contribution in [2.75, 3.05) is 39.3 Å². The molecule has 0 aromatic carbocycles. The van der Waals surface area contributed by atoms with Crippen LogP contribution in [0.25, 0.3) is 0 Å². The molecule has 1 unspecified atom stereocenters. The molecule has 0 aromatic heterocycles. The summed E-state index contributed by atoms with van der Waals surface area (Å²) in [4.78, 5) is 5.11. The second-order valence-electron chi connectivity index (χ2n) is 5.49. The van der Waals surface area contributed by atoms with Crippen molar-refractivity contribution in [1.29, 1.82) is 0 Å². The molecule has 16 heavy (non-hydrogen) atoms. The molecule has 0 aromatic rings. The van der Waals surface area contributed by atoms with Gasteiger partial charge in [-0.15, -0.1) is 0 Å². The molecule has 1 rings (SSSR count). The number of piperazine rings is 1. The summed E-state index contributed by atoms with van der Waals surface area (Å²) < 4.78 is 0. The monoisotopic (exact) mass is 227 g/mol. The van der Waals surface area contributed by atoms with Crippen LogP contribution in [0, 0.1) is 5.92 Å². The minimum Gasteiger partial charge on any atom is -0.329 e. The van der Waals surface area contributed by atoms with E-state index in [2.05, 4.69) is 30.6 Å². The highest BCUT2D eigenvalue weighted by Gasteiger charge is 2.20. The van der Waals surface area contributed by atoms with Crippen molar-refractivity contribution in [2.24, 2.45) is 11.7 Å². The van der Waals surface area contributed by atoms with Crippen LogP contribution >= 0.6 is 0 Å². The van der Waals surface area contributed by atoms with E-state index in [1.54, 1.807) is 0 Å². The van der Waals surface area contributed by atoms with Gasteiger partial charge in [0.25, 0.3) is 0 Å². The Morgan fingerprint density at radius 3 is 2.12 bits per heavy atom. The van der Waals surface area contributed by atoms with E-state index >= 15 is 0 Å². The van der Waals surface area contributed by atoms with Crippen LogP contribution in [-0.2, 0) is 0 Å². The van der Waals surface area contributed by atoms with Gasteiger partial charge in [-0.05, 0) is 25.7 Å². The maximum atomic E-state index is 5.58. The fourth-order valence-electron chi connectivity index (χ4n) is 2.37. The van der Waals surface area contributed by atoms with Crippen molar-refractivity contribution in [1.82, 2.24) is 9.80 Å². The van der Waals surface area contributed by atoms with Crippen molar-refractivity contribution < 1.29 is 0 Å². The van der Waals surface area contributed by atoms with Crippen LogP contribution in [0.3, 0.4) is 0 Å². The Morgan fingerprint density at radius 2 is 1.62 bits per heavy atom. The molecule has 96 valence electrons. The third-order valence-corrected chi connectivity index (χ3v) is 3.64. The molecule has 0 amide bonds. The number of hydrogen-bond acceptors (Lipinski definition) is 3. The van der Waals surface area contributed by atoms with Crippen LogP contribution in [0.1, 0.15) is 33.6 Å². The number of rotatable bonds is 6. The highest BCUT2D eigenvalue weighted by Crippen LogP contribution is 2.13. The standard InChI is InChI=1S/C13H29N3/c1-12(2)4-5-13(3)16-10-8-15(7-6-14)9-11-16/h12-13H,4-11,14H2,1-3H3. The molecule has 1 aliphatic rings. The molecular formula is C13H29N3. The van der Waals surface area contributed by atoms with Gasteiger partial charge in [0.05, 0.1) is 0 Å². The normalized spacial score (nSPS) is 21.6. The van der Waals surface area contributed by atoms with Crippen molar-refractivity contribution in [3.05, 3.63) is 0 Å². The quantitative estimate of drug-likeness (QED) is 0.744. The molecule has 1 fully saturated rings. The van der Waals surface area contributed by atoms with Crippen molar-refractivity contribution in [3.8, 4) is 0 Å². The van der Waals surface area contributed by atoms with E-state index in [1.807, 2.05) is 0 Å². The van der Waals surface area contributed by atoms with E-state index in [4.69, 9.17) is 5.73 Å². The van der Waals surface area contributed by atoms with Gasteiger partial charge in [-0.2, -0.15) is 0 Å². The zero-order valence-electron chi connectivity index (χ0n) is 11.3. The second-order valence-corrected chi connectivity index (χ2v) is 5.49. The summed E-state index contributed by atoms with van der Waals surface area (Å²) in [5.74, 6) is 0.834. The zero-order valence-corrected chi connectivity index (χ0v) is 11.3. The summed E-state index contributed by atoms with van der Waals surface area (Å²) >= 11 is 0. The molecule has 2 N–H and O–H groups in total. The molecule has 0 aliphatic carbocycles. The molecule has 1 aliphatic heterocycles. The Labute approximate surface area is 101 Å². The Morgan fingerprint density at radius 1 is 1.00 bits per heavy atom. The smallest absolute Gasteiger partial charge is 0.0113 e. The van der Waals surface area contributed by atoms with Gasteiger partial charge in [0.2, 0.25) is 0 Å². The van der Waals surface area contributed by atoms with Gasteiger partial charge in [-0.25, -0.2) is 0 Å². The highest BCUT2D eigenvalue weighted by molar-refractivity contribution is 4.76. The lowest BCUT2D eigenvalue weighted by atomic mass is 10.0. The minimum atomic E-state index is 0.752. The van der Waals surface area contributed by atoms with E-state index in [9.17, 15) is 0 Å². The van der Waals surface area contributed by atoms with Gasteiger partial charge >= 0.3 is 0 Å². The molecule has 3 heteroatoms. The molecule has 1 atom stereocenters. The third-order valence-electron chi connectivity index (χ3n) is 3.64. The molecule has 0 radical (unpaired) electrons. The van der Waals surface area contributed by atoms with E-state index in [1.165, 1.54) is 39.0 Å². The Kier molecular flexibility index (Phi) is 6.32. The number of nitrogens with zero attached hydrogens (tertiary/aromatic N) is 2. The van der Waals surface area contributed by atoms with Gasteiger partial charge < -0.3 is 5.73 Å².